The molecular weight excluding hydrogens is 380 g/mol. The van der Waals surface area contributed by atoms with Gasteiger partial charge in [0.25, 0.3) is 5.91 Å². The van der Waals surface area contributed by atoms with Crippen molar-refractivity contribution in [1.29, 1.82) is 0 Å². The average molecular weight is 405 g/mol. The van der Waals surface area contributed by atoms with Gasteiger partial charge in [0, 0.05) is 47.2 Å². The number of likely N-dealkylation sites (tertiary alicyclic amines) is 1. The monoisotopic (exact) mass is 404 g/mol. The predicted octanol–water partition coefficient (Wildman–Crippen LogP) is 3.18. The molecule has 3 atom stereocenters. The summed E-state index contributed by atoms with van der Waals surface area (Å²) >= 11 is 5.44. The van der Waals surface area contributed by atoms with Gasteiger partial charge in [-0.3, -0.25) is 10.1 Å². The van der Waals surface area contributed by atoms with Crippen LogP contribution in [0.5, 0.6) is 0 Å². The van der Waals surface area contributed by atoms with Crippen LogP contribution >= 0.6 is 12.2 Å². The number of carbonyl (C=O) groups is 1. The van der Waals surface area contributed by atoms with Crippen molar-refractivity contribution >= 4 is 34.1 Å². The minimum atomic E-state index is -0.176. The highest BCUT2D eigenvalue weighted by atomic mass is 32.1. The van der Waals surface area contributed by atoms with E-state index < -0.39 is 0 Å². The number of thiocarbonyl (C=S) groups is 1. The van der Waals surface area contributed by atoms with Crippen molar-refractivity contribution in [3.63, 3.8) is 0 Å². The summed E-state index contributed by atoms with van der Waals surface area (Å²) in [5.41, 5.74) is 4.67. The third kappa shape index (κ3) is 3.32. The Hall–Kier alpha value is -2.70. The van der Waals surface area contributed by atoms with Crippen LogP contribution in [-0.2, 0) is 6.42 Å². The van der Waals surface area contributed by atoms with Crippen molar-refractivity contribution in [1.82, 2.24) is 20.5 Å². The molecular formula is C23H24N4OS. The topological polar surface area (TPSA) is 60.2 Å². The Bertz CT molecular complexity index is 1080. The summed E-state index contributed by atoms with van der Waals surface area (Å²) < 4.78 is 0. The first-order valence-corrected chi connectivity index (χ1v) is 10.5. The van der Waals surface area contributed by atoms with E-state index in [0.29, 0.717) is 22.6 Å². The third-order valence-corrected chi connectivity index (χ3v) is 6.54. The van der Waals surface area contributed by atoms with Gasteiger partial charge in [-0.1, -0.05) is 30.3 Å². The lowest BCUT2D eigenvalue weighted by atomic mass is 9.74. The molecule has 5 nitrogen and oxygen atoms in total. The summed E-state index contributed by atoms with van der Waals surface area (Å²) in [6.07, 6.45) is 4.23. The van der Waals surface area contributed by atoms with Crippen molar-refractivity contribution in [2.24, 2.45) is 0 Å². The number of benzene rings is 2. The summed E-state index contributed by atoms with van der Waals surface area (Å²) in [7, 11) is 2.19. The average Bonchev–Trinajstić information content (AvgIpc) is 3.14. The van der Waals surface area contributed by atoms with Crippen LogP contribution in [0.4, 0.5) is 0 Å². The fourth-order valence-electron chi connectivity index (χ4n) is 5.03. The molecule has 1 aliphatic heterocycles. The van der Waals surface area contributed by atoms with Crippen LogP contribution in [0.2, 0.25) is 0 Å². The number of hydrogen-bond acceptors (Lipinski definition) is 3. The number of rotatable bonds is 2. The van der Waals surface area contributed by atoms with Gasteiger partial charge in [-0.25, -0.2) is 0 Å². The molecule has 2 heterocycles. The second-order valence-electron chi connectivity index (χ2n) is 8.13. The van der Waals surface area contributed by atoms with Crippen LogP contribution < -0.4 is 10.6 Å². The van der Waals surface area contributed by atoms with Gasteiger partial charge in [0.2, 0.25) is 0 Å². The number of H-pyrrole nitrogens is 1. The zero-order valence-corrected chi connectivity index (χ0v) is 17.1. The number of fused-ring (bicyclic) bond motifs is 2. The molecule has 0 bridgehead atoms. The minimum Gasteiger partial charge on any atom is -0.361 e. The van der Waals surface area contributed by atoms with E-state index in [1.165, 1.54) is 22.0 Å². The molecule has 29 heavy (non-hydrogen) atoms. The van der Waals surface area contributed by atoms with Crippen LogP contribution in [0.1, 0.15) is 33.8 Å². The molecule has 0 radical (unpaired) electrons. The quantitative estimate of drug-likeness (QED) is 0.574. The highest BCUT2D eigenvalue weighted by molar-refractivity contribution is 7.80. The number of aromatic amines is 1. The lowest BCUT2D eigenvalue weighted by Crippen LogP contribution is -2.56. The molecule has 3 N–H and O–H groups in total. The Balaban J connectivity index is 1.31. The number of nitrogens with one attached hydrogen (secondary N) is 3. The van der Waals surface area contributed by atoms with Crippen molar-refractivity contribution in [2.75, 3.05) is 13.6 Å². The number of piperidine rings is 1. The number of likely N-dealkylation sites (N-methyl/N-ethyl adjacent to an activating group) is 1. The molecule has 148 valence electrons. The molecule has 1 amide bonds. The van der Waals surface area contributed by atoms with E-state index in [4.69, 9.17) is 12.2 Å². The van der Waals surface area contributed by atoms with E-state index in [0.717, 1.165) is 19.4 Å². The molecule has 2 aliphatic rings. The second-order valence-corrected chi connectivity index (χ2v) is 8.54. The van der Waals surface area contributed by atoms with Crippen LogP contribution in [-0.4, -0.2) is 46.6 Å². The molecule has 3 aromatic rings. The van der Waals surface area contributed by atoms with Gasteiger partial charge < -0.3 is 15.2 Å². The van der Waals surface area contributed by atoms with Gasteiger partial charge in [-0.2, -0.15) is 0 Å². The van der Waals surface area contributed by atoms with Gasteiger partial charge in [0.1, 0.15) is 0 Å². The first-order chi connectivity index (χ1) is 14.1. The summed E-state index contributed by atoms with van der Waals surface area (Å²) in [5, 5.41) is 7.99. The van der Waals surface area contributed by atoms with E-state index in [9.17, 15) is 4.79 Å². The molecule has 1 unspecified atom stereocenters. The van der Waals surface area contributed by atoms with E-state index in [2.05, 4.69) is 52.0 Å². The fourth-order valence-corrected chi connectivity index (χ4v) is 5.29. The van der Waals surface area contributed by atoms with Crippen molar-refractivity contribution in [3.8, 4) is 0 Å². The SMILES string of the molecule is CN1C[C@H](NC(=S)NC(=O)c2ccccc2)CC2c3cccc4[nH]cc(c34)C[C@H]21. The maximum atomic E-state index is 12.4. The van der Waals surface area contributed by atoms with E-state index >= 15 is 0 Å². The van der Waals surface area contributed by atoms with Crippen molar-refractivity contribution in [2.45, 2.75) is 30.8 Å². The highest BCUT2D eigenvalue weighted by Crippen LogP contribution is 2.42. The maximum absolute atomic E-state index is 12.4. The zero-order valence-electron chi connectivity index (χ0n) is 16.3. The van der Waals surface area contributed by atoms with Gasteiger partial charge in [0.05, 0.1) is 0 Å². The van der Waals surface area contributed by atoms with E-state index in [1.54, 1.807) is 12.1 Å². The standard InChI is InChI=1S/C23H24N4OS/c1-27-13-16(25-23(29)26-22(28)14-6-3-2-4-7-14)11-18-17-8-5-9-19-21(17)15(12-24-19)10-20(18)27/h2-9,12,16,18,20,24H,10-11,13H2,1H3,(H2,25,26,28,29)/t16-,18?,20-/m1/s1. The maximum Gasteiger partial charge on any atom is 0.257 e. The highest BCUT2D eigenvalue weighted by Gasteiger charge is 2.39. The summed E-state index contributed by atoms with van der Waals surface area (Å²) in [5.74, 6) is 0.274. The normalized spacial score (nSPS) is 23.4. The Morgan fingerprint density at radius 1 is 1.17 bits per heavy atom. The molecule has 1 aromatic heterocycles. The molecule has 1 saturated heterocycles. The van der Waals surface area contributed by atoms with Gasteiger partial charge in [-0.05, 0) is 61.4 Å². The van der Waals surface area contributed by atoms with Crippen LogP contribution in [0, 0.1) is 0 Å². The van der Waals surface area contributed by atoms with Crippen LogP contribution in [0.3, 0.4) is 0 Å². The number of hydrogen-bond donors (Lipinski definition) is 3. The van der Waals surface area contributed by atoms with Crippen molar-refractivity contribution in [3.05, 3.63) is 71.4 Å². The number of amides is 1. The lowest BCUT2D eigenvalue weighted by Gasteiger charge is -2.45. The zero-order chi connectivity index (χ0) is 20.0. The summed E-state index contributed by atoms with van der Waals surface area (Å²) in [6, 6.07) is 16.4. The summed E-state index contributed by atoms with van der Waals surface area (Å²) in [4.78, 5) is 18.2. The first kappa shape index (κ1) is 18.3. The molecule has 6 heteroatoms. The third-order valence-electron chi connectivity index (χ3n) is 6.32. The Morgan fingerprint density at radius 2 is 2.00 bits per heavy atom. The van der Waals surface area contributed by atoms with Crippen LogP contribution in [0.15, 0.2) is 54.7 Å². The number of nitrogens with zero attached hydrogens (tertiary/aromatic N) is 1. The predicted molar refractivity (Wildman–Crippen MR) is 119 cm³/mol. The first-order valence-electron chi connectivity index (χ1n) is 10.1. The number of aromatic nitrogens is 1. The lowest BCUT2D eigenvalue weighted by molar-refractivity contribution is 0.0974. The molecule has 5 rings (SSSR count). The minimum absolute atomic E-state index is 0.176. The Morgan fingerprint density at radius 3 is 2.83 bits per heavy atom. The van der Waals surface area contributed by atoms with Crippen LogP contribution in [0.25, 0.3) is 10.9 Å². The molecule has 0 saturated carbocycles. The van der Waals surface area contributed by atoms with Crippen molar-refractivity contribution < 1.29 is 4.79 Å². The molecule has 1 fully saturated rings. The summed E-state index contributed by atoms with van der Waals surface area (Å²) in [6.45, 7) is 0.901. The van der Waals surface area contributed by atoms with Gasteiger partial charge >= 0.3 is 0 Å². The van der Waals surface area contributed by atoms with E-state index in [-0.39, 0.29) is 11.9 Å². The second kappa shape index (κ2) is 7.28. The molecule has 1 aliphatic carbocycles. The largest absolute Gasteiger partial charge is 0.361 e. The van der Waals surface area contributed by atoms with E-state index in [1.807, 2.05) is 18.2 Å². The number of carbonyl (C=O) groups excluding carboxylic acids is 1. The molecule has 0 spiro atoms. The van der Waals surface area contributed by atoms with Gasteiger partial charge in [0.15, 0.2) is 5.11 Å². The smallest absolute Gasteiger partial charge is 0.257 e. The van der Waals surface area contributed by atoms with Gasteiger partial charge in [-0.15, -0.1) is 0 Å². The Kier molecular flexibility index (Phi) is 4.60. The fraction of sp³-hybridized carbons (Fsp3) is 0.304. The molecule has 2 aromatic carbocycles. The Labute approximate surface area is 175 Å².